The fourth-order valence-corrected chi connectivity index (χ4v) is 1.90. The summed E-state index contributed by atoms with van der Waals surface area (Å²) in [6, 6.07) is 0. The molecule has 1 aromatic heterocycles. The smallest absolute Gasteiger partial charge is 0.157 e. The molecule has 0 bridgehead atoms. The molecule has 0 saturated heterocycles. The molecular formula is C13H22N4S. The van der Waals surface area contributed by atoms with Gasteiger partial charge in [-0.05, 0) is 12.8 Å². The largest absolute Gasteiger partial charge is 0.388 e. The normalized spacial score (nSPS) is 10.3. The van der Waals surface area contributed by atoms with Gasteiger partial charge in [0.25, 0.3) is 0 Å². The molecule has 0 fully saturated rings. The standard InChI is InChI=1S/C13H22N4S/c1-3-5-9-17(10-6-4-2)13-11(12(14)18)15-7-8-16-13/h7-8H,3-6,9-10H2,1-2H3,(H2,14,18). The lowest BCUT2D eigenvalue weighted by atomic mass is 10.2. The van der Waals surface area contributed by atoms with Crippen molar-refractivity contribution < 1.29 is 0 Å². The van der Waals surface area contributed by atoms with Gasteiger partial charge in [-0.15, -0.1) is 0 Å². The molecule has 18 heavy (non-hydrogen) atoms. The van der Waals surface area contributed by atoms with Crippen LogP contribution >= 0.6 is 12.2 Å². The first-order chi connectivity index (χ1) is 8.70. The maximum atomic E-state index is 5.71. The van der Waals surface area contributed by atoms with E-state index in [2.05, 4.69) is 28.7 Å². The molecule has 4 nitrogen and oxygen atoms in total. The Morgan fingerprint density at radius 3 is 2.22 bits per heavy atom. The first kappa shape index (κ1) is 14.8. The molecule has 0 amide bonds. The van der Waals surface area contributed by atoms with Crippen molar-refractivity contribution in [3.05, 3.63) is 18.1 Å². The monoisotopic (exact) mass is 266 g/mol. The molecular weight excluding hydrogens is 244 g/mol. The second-order valence-corrected chi connectivity index (χ2v) is 4.73. The third kappa shape index (κ3) is 4.22. The Morgan fingerprint density at radius 1 is 1.17 bits per heavy atom. The molecule has 0 radical (unpaired) electrons. The Kier molecular flexibility index (Phi) is 6.57. The van der Waals surface area contributed by atoms with Crippen LogP contribution in [0, 0.1) is 0 Å². The van der Waals surface area contributed by atoms with Crippen molar-refractivity contribution in [1.29, 1.82) is 0 Å². The molecule has 2 N–H and O–H groups in total. The highest BCUT2D eigenvalue weighted by atomic mass is 32.1. The van der Waals surface area contributed by atoms with Crippen molar-refractivity contribution in [3.8, 4) is 0 Å². The topological polar surface area (TPSA) is 55.0 Å². The average Bonchev–Trinajstić information content (AvgIpc) is 2.39. The van der Waals surface area contributed by atoms with Gasteiger partial charge in [-0.25, -0.2) is 9.97 Å². The summed E-state index contributed by atoms with van der Waals surface area (Å²) in [6.45, 7) is 6.32. The molecule has 1 aromatic rings. The van der Waals surface area contributed by atoms with Crippen molar-refractivity contribution in [2.45, 2.75) is 39.5 Å². The zero-order valence-corrected chi connectivity index (χ0v) is 12.0. The summed E-state index contributed by atoms with van der Waals surface area (Å²) >= 11 is 5.04. The van der Waals surface area contributed by atoms with Crippen LogP contribution in [-0.4, -0.2) is 28.0 Å². The predicted molar refractivity (Wildman–Crippen MR) is 79.9 cm³/mol. The van der Waals surface area contributed by atoms with Crippen LogP contribution in [0.1, 0.15) is 45.2 Å². The molecule has 0 aromatic carbocycles. The number of thiocarbonyl (C=S) groups is 1. The SMILES string of the molecule is CCCCN(CCCC)c1nccnc1C(N)=S. The van der Waals surface area contributed by atoms with E-state index in [1.165, 1.54) is 0 Å². The summed E-state index contributed by atoms with van der Waals surface area (Å²) in [7, 11) is 0. The second-order valence-electron chi connectivity index (χ2n) is 4.29. The molecule has 0 aliphatic rings. The van der Waals surface area contributed by atoms with Gasteiger partial charge in [0, 0.05) is 25.5 Å². The predicted octanol–water partition coefficient (Wildman–Crippen LogP) is 2.52. The van der Waals surface area contributed by atoms with E-state index in [1.807, 2.05) is 0 Å². The summed E-state index contributed by atoms with van der Waals surface area (Å²) in [5, 5.41) is 0. The highest BCUT2D eigenvalue weighted by molar-refractivity contribution is 7.80. The van der Waals surface area contributed by atoms with E-state index >= 15 is 0 Å². The molecule has 1 heterocycles. The molecule has 0 aliphatic heterocycles. The molecule has 0 aliphatic carbocycles. The van der Waals surface area contributed by atoms with E-state index in [1.54, 1.807) is 12.4 Å². The number of aromatic nitrogens is 2. The minimum Gasteiger partial charge on any atom is -0.388 e. The fourth-order valence-electron chi connectivity index (χ4n) is 1.76. The Hall–Kier alpha value is -1.23. The molecule has 0 atom stereocenters. The first-order valence-electron chi connectivity index (χ1n) is 6.56. The van der Waals surface area contributed by atoms with Crippen molar-refractivity contribution in [2.75, 3.05) is 18.0 Å². The van der Waals surface area contributed by atoms with Crippen molar-refractivity contribution in [1.82, 2.24) is 9.97 Å². The van der Waals surface area contributed by atoms with Gasteiger partial charge in [-0.3, -0.25) is 0 Å². The number of nitrogens with two attached hydrogens (primary N) is 1. The minimum absolute atomic E-state index is 0.316. The van der Waals surface area contributed by atoms with Crippen molar-refractivity contribution >= 4 is 23.0 Å². The number of hydrogen-bond acceptors (Lipinski definition) is 4. The zero-order valence-electron chi connectivity index (χ0n) is 11.2. The number of unbranched alkanes of at least 4 members (excludes halogenated alkanes) is 2. The Labute approximate surface area is 115 Å². The van der Waals surface area contributed by atoms with Crippen molar-refractivity contribution in [3.63, 3.8) is 0 Å². The van der Waals surface area contributed by atoms with Crippen LogP contribution in [-0.2, 0) is 0 Å². The van der Waals surface area contributed by atoms with Crippen LogP contribution in [0.2, 0.25) is 0 Å². The zero-order chi connectivity index (χ0) is 13.4. The van der Waals surface area contributed by atoms with E-state index in [0.717, 1.165) is 44.6 Å². The highest BCUT2D eigenvalue weighted by Gasteiger charge is 2.14. The molecule has 0 unspecified atom stereocenters. The van der Waals surface area contributed by atoms with E-state index in [4.69, 9.17) is 18.0 Å². The van der Waals surface area contributed by atoms with Crippen LogP contribution in [0.15, 0.2) is 12.4 Å². The summed E-state index contributed by atoms with van der Waals surface area (Å²) in [5.74, 6) is 0.826. The lowest BCUT2D eigenvalue weighted by molar-refractivity contribution is 0.669. The maximum Gasteiger partial charge on any atom is 0.157 e. The number of nitrogens with zero attached hydrogens (tertiary/aromatic N) is 3. The van der Waals surface area contributed by atoms with Crippen LogP contribution in [0.5, 0.6) is 0 Å². The number of rotatable bonds is 8. The maximum absolute atomic E-state index is 5.71. The lowest BCUT2D eigenvalue weighted by Crippen LogP contribution is -2.30. The van der Waals surface area contributed by atoms with E-state index < -0.39 is 0 Å². The van der Waals surface area contributed by atoms with Crippen molar-refractivity contribution in [2.24, 2.45) is 5.73 Å². The third-order valence-corrected chi connectivity index (χ3v) is 2.97. The Balaban J connectivity index is 2.92. The van der Waals surface area contributed by atoms with E-state index in [9.17, 15) is 0 Å². The van der Waals surface area contributed by atoms with Gasteiger partial charge in [0.1, 0.15) is 10.7 Å². The molecule has 0 saturated carbocycles. The average molecular weight is 266 g/mol. The third-order valence-electron chi connectivity index (χ3n) is 2.78. The summed E-state index contributed by atoms with van der Waals surface area (Å²) in [5.41, 5.74) is 6.35. The summed E-state index contributed by atoms with van der Waals surface area (Å²) in [4.78, 5) is 11.2. The highest BCUT2D eigenvalue weighted by Crippen LogP contribution is 2.16. The Bertz CT molecular complexity index is 373. The number of hydrogen-bond donors (Lipinski definition) is 1. The van der Waals surface area contributed by atoms with Gasteiger partial charge in [-0.1, -0.05) is 38.9 Å². The van der Waals surface area contributed by atoms with Gasteiger partial charge in [0.2, 0.25) is 0 Å². The van der Waals surface area contributed by atoms with Crippen LogP contribution in [0.4, 0.5) is 5.82 Å². The van der Waals surface area contributed by atoms with Crippen LogP contribution in [0.3, 0.4) is 0 Å². The number of anilines is 1. The minimum atomic E-state index is 0.316. The molecule has 1 rings (SSSR count). The summed E-state index contributed by atoms with van der Waals surface area (Å²) < 4.78 is 0. The lowest BCUT2D eigenvalue weighted by Gasteiger charge is -2.24. The quantitative estimate of drug-likeness (QED) is 0.733. The van der Waals surface area contributed by atoms with E-state index in [-0.39, 0.29) is 0 Å². The fraction of sp³-hybridized carbons (Fsp3) is 0.615. The van der Waals surface area contributed by atoms with Gasteiger partial charge < -0.3 is 10.6 Å². The first-order valence-corrected chi connectivity index (χ1v) is 6.97. The molecule has 5 heteroatoms. The van der Waals surface area contributed by atoms with E-state index in [0.29, 0.717) is 10.7 Å². The van der Waals surface area contributed by atoms with Crippen LogP contribution in [0.25, 0.3) is 0 Å². The van der Waals surface area contributed by atoms with Gasteiger partial charge in [-0.2, -0.15) is 0 Å². The molecule has 100 valence electrons. The van der Waals surface area contributed by atoms with Gasteiger partial charge in [0.15, 0.2) is 5.82 Å². The summed E-state index contributed by atoms with van der Waals surface area (Å²) in [6.07, 6.45) is 7.92. The Morgan fingerprint density at radius 2 is 1.72 bits per heavy atom. The van der Waals surface area contributed by atoms with Gasteiger partial charge >= 0.3 is 0 Å². The molecule has 0 spiro atoms. The second kappa shape index (κ2) is 7.97. The van der Waals surface area contributed by atoms with Crippen LogP contribution < -0.4 is 10.6 Å². The van der Waals surface area contributed by atoms with Gasteiger partial charge in [0.05, 0.1) is 0 Å².